The summed E-state index contributed by atoms with van der Waals surface area (Å²) in [5, 5.41) is 0.962. The number of ether oxygens (including phenoxy) is 2. The fourth-order valence-electron chi connectivity index (χ4n) is 3.93. The van der Waals surface area contributed by atoms with Crippen LogP contribution in [0.25, 0.3) is 0 Å². The van der Waals surface area contributed by atoms with E-state index in [0.717, 1.165) is 22.4 Å². The van der Waals surface area contributed by atoms with Crippen molar-refractivity contribution in [2.45, 2.75) is 26.9 Å². The molecule has 9 heteroatoms. The van der Waals surface area contributed by atoms with Gasteiger partial charge in [0.2, 0.25) is 11.8 Å². The number of carbonyl (C=O) groups is 2. The van der Waals surface area contributed by atoms with Crippen LogP contribution in [0.5, 0.6) is 11.5 Å². The van der Waals surface area contributed by atoms with Gasteiger partial charge in [0, 0.05) is 29.7 Å². The van der Waals surface area contributed by atoms with E-state index in [1.165, 1.54) is 7.11 Å². The molecule has 4 rings (SSSR count). The fraction of sp³-hybridized carbons (Fsp3) is 0.259. The normalized spacial score (nSPS) is 15.1. The molecule has 188 valence electrons. The first-order chi connectivity index (χ1) is 17.2. The van der Waals surface area contributed by atoms with Crippen molar-refractivity contribution in [1.29, 1.82) is 0 Å². The molecule has 1 fully saturated rings. The van der Waals surface area contributed by atoms with Crippen LogP contribution in [0.3, 0.4) is 0 Å². The number of anilines is 2. The highest BCUT2D eigenvalue weighted by Gasteiger charge is 2.35. The average molecular weight is 528 g/mol. The van der Waals surface area contributed by atoms with Gasteiger partial charge in [-0.1, -0.05) is 41.4 Å². The molecule has 0 unspecified atom stereocenters. The van der Waals surface area contributed by atoms with E-state index >= 15 is 0 Å². The molecule has 1 atom stereocenters. The summed E-state index contributed by atoms with van der Waals surface area (Å²) in [6.07, 6.45) is 0.141. The SMILES string of the molecule is COc1cc(NNC(=O)[C@@H]2CC(=O)N(c3ccc(C)c(C)c3)C2)cc(Cl)c1OCc1ccc(Cl)cc1. The molecule has 0 bridgehead atoms. The molecule has 3 aromatic carbocycles. The third-order valence-electron chi connectivity index (χ3n) is 6.15. The van der Waals surface area contributed by atoms with E-state index in [1.807, 2.05) is 44.2 Å². The van der Waals surface area contributed by atoms with Gasteiger partial charge in [-0.3, -0.25) is 20.4 Å². The number of rotatable bonds is 8. The van der Waals surface area contributed by atoms with Crippen molar-refractivity contribution < 1.29 is 19.1 Å². The second-order valence-corrected chi connectivity index (χ2v) is 9.54. The van der Waals surface area contributed by atoms with Gasteiger partial charge in [-0.15, -0.1) is 0 Å². The van der Waals surface area contributed by atoms with Crippen LogP contribution >= 0.6 is 23.2 Å². The molecular formula is C27H27Cl2N3O4. The predicted octanol–water partition coefficient (Wildman–Crippen LogP) is 5.69. The Morgan fingerprint density at radius 3 is 2.50 bits per heavy atom. The van der Waals surface area contributed by atoms with Gasteiger partial charge >= 0.3 is 0 Å². The van der Waals surface area contributed by atoms with Crippen molar-refractivity contribution in [1.82, 2.24) is 5.43 Å². The maximum absolute atomic E-state index is 12.8. The largest absolute Gasteiger partial charge is 0.493 e. The monoisotopic (exact) mass is 527 g/mol. The van der Waals surface area contributed by atoms with Crippen LogP contribution in [0.15, 0.2) is 54.6 Å². The number of carbonyl (C=O) groups excluding carboxylic acids is 2. The van der Waals surface area contributed by atoms with Gasteiger partial charge in [0.1, 0.15) is 6.61 Å². The molecule has 7 nitrogen and oxygen atoms in total. The van der Waals surface area contributed by atoms with E-state index < -0.39 is 5.92 Å². The van der Waals surface area contributed by atoms with Crippen LogP contribution in [0.1, 0.15) is 23.1 Å². The summed E-state index contributed by atoms with van der Waals surface area (Å²) in [5.74, 6) is -0.0503. The van der Waals surface area contributed by atoms with Crippen molar-refractivity contribution in [3.63, 3.8) is 0 Å². The van der Waals surface area contributed by atoms with E-state index in [4.69, 9.17) is 32.7 Å². The fourth-order valence-corrected chi connectivity index (χ4v) is 4.32. The minimum atomic E-state index is -0.481. The summed E-state index contributed by atoms with van der Waals surface area (Å²) < 4.78 is 11.3. The molecule has 2 N–H and O–H groups in total. The van der Waals surface area contributed by atoms with Gasteiger partial charge in [0.15, 0.2) is 11.5 Å². The van der Waals surface area contributed by atoms with Crippen LogP contribution < -0.4 is 25.2 Å². The maximum Gasteiger partial charge on any atom is 0.243 e. The number of methoxy groups -OCH3 is 1. The van der Waals surface area contributed by atoms with Crippen molar-refractivity contribution in [3.8, 4) is 11.5 Å². The van der Waals surface area contributed by atoms with E-state index in [-0.39, 0.29) is 24.8 Å². The molecule has 1 aliphatic rings. The standard InChI is InChI=1S/C27H27Cl2N3O4/c1-16-4-9-22(10-17(16)2)32-14-19(11-25(32)33)27(34)31-30-21-12-23(29)26(24(13-21)35-3)36-15-18-5-7-20(28)8-6-18/h4-10,12-13,19,30H,11,14-15H2,1-3H3,(H,31,34)/t19-/m1/s1. The van der Waals surface area contributed by atoms with E-state index in [2.05, 4.69) is 10.9 Å². The number of nitrogens with zero attached hydrogens (tertiary/aromatic N) is 1. The lowest BCUT2D eigenvalue weighted by Crippen LogP contribution is -2.36. The third-order valence-corrected chi connectivity index (χ3v) is 6.69. The Hall–Kier alpha value is -3.42. The van der Waals surface area contributed by atoms with E-state index in [1.54, 1.807) is 29.2 Å². The van der Waals surface area contributed by atoms with Crippen LogP contribution in [-0.2, 0) is 16.2 Å². The molecular weight excluding hydrogens is 501 g/mol. The number of aryl methyl sites for hydroxylation is 2. The Morgan fingerprint density at radius 2 is 1.81 bits per heavy atom. The van der Waals surface area contributed by atoms with Gasteiger partial charge in [-0.05, 0) is 60.9 Å². The highest BCUT2D eigenvalue weighted by molar-refractivity contribution is 6.32. The molecule has 2 amide bonds. The van der Waals surface area contributed by atoms with Crippen molar-refractivity contribution in [2.24, 2.45) is 5.92 Å². The first-order valence-corrected chi connectivity index (χ1v) is 12.2. The van der Waals surface area contributed by atoms with Gasteiger partial charge in [-0.2, -0.15) is 0 Å². The summed E-state index contributed by atoms with van der Waals surface area (Å²) in [6, 6.07) is 16.5. The van der Waals surface area contributed by atoms with Crippen molar-refractivity contribution in [3.05, 3.63) is 81.3 Å². The molecule has 3 aromatic rings. The molecule has 0 aliphatic carbocycles. The van der Waals surface area contributed by atoms with Crippen LogP contribution in [-0.4, -0.2) is 25.5 Å². The van der Waals surface area contributed by atoms with E-state index in [9.17, 15) is 9.59 Å². The Labute approximate surface area is 220 Å². The first-order valence-electron chi connectivity index (χ1n) is 11.4. The maximum atomic E-state index is 12.8. The second-order valence-electron chi connectivity index (χ2n) is 8.69. The summed E-state index contributed by atoms with van der Waals surface area (Å²) in [7, 11) is 1.51. The topological polar surface area (TPSA) is 79.9 Å². The average Bonchev–Trinajstić information content (AvgIpc) is 3.26. The lowest BCUT2D eigenvalue weighted by molar-refractivity contribution is -0.125. The summed E-state index contributed by atoms with van der Waals surface area (Å²) in [4.78, 5) is 27.0. The van der Waals surface area contributed by atoms with Gasteiger partial charge in [0.25, 0.3) is 0 Å². The van der Waals surface area contributed by atoms with E-state index in [0.29, 0.717) is 33.8 Å². The molecule has 0 spiro atoms. The highest BCUT2D eigenvalue weighted by atomic mass is 35.5. The van der Waals surface area contributed by atoms with Crippen LogP contribution in [0, 0.1) is 19.8 Å². The lowest BCUT2D eigenvalue weighted by Gasteiger charge is -2.18. The van der Waals surface area contributed by atoms with Crippen molar-refractivity contribution >= 4 is 46.4 Å². The highest BCUT2D eigenvalue weighted by Crippen LogP contribution is 2.38. The zero-order valence-corrected chi connectivity index (χ0v) is 21.7. The smallest absolute Gasteiger partial charge is 0.243 e. The molecule has 1 heterocycles. The zero-order chi connectivity index (χ0) is 25.8. The lowest BCUT2D eigenvalue weighted by atomic mass is 10.1. The quantitative estimate of drug-likeness (QED) is 0.367. The van der Waals surface area contributed by atoms with Gasteiger partial charge < -0.3 is 14.4 Å². The molecule has 0 saturated carbocycles. The number of halogens is 2. The van der Waals surface area contributed by atoms with Crippen molar-refractivity contribution in [2.75, 3.05) is 24.0 Å². The Bertz CT molecular complexity index is 1280. The number of hydrogen-bond donors (Lipinski definition) is 2. The molecule has 0 radical (unpaired) electrons. The zero-order valence-electron chi connectivity index (χ0n) is 20.2. The summed E-state index contributed by atoms with van der Waals surface area (Å²) in [6.45, 7) is 4.62. The van der Waals surface area contributed by atoms with Gasteiger partial charge in [-0.25, -0.2) is 0 Å². The predicted molar refractivity (Wildman–Crippen MR) is 142 cm³/mol. The minimum Gasteiger partial charge on any atom is -0.493 e. The Morgan fingerprint density at radius 1 is 1.06 bits per heavy atom. The summed E-state index contributed by atoms with van der Waals surface area (Å²) >= 11 is 12.4. The summed E-state index contributed by atoms with van der Waals surface area (Å²) in [5.41, 5.74) is 10.0. The number of benzene rings is 3. The molecule has 36 heavy (non-hydrogen) atoms. The molecule has 1 aliphatic heterocycles. The van der Waals surface area contributed by atoms with Crippen LogP contribution in [0.4, 0.5) is 11.4 Å². The second kappa shape index (κ2) is 11.1. The number of hydrogen-bond acceptors (Lipinski definition) is 5. The Kier molecular flexibility index (Phi) is 7.91. The molecule has 1 saturated heterocycles. The Balaban J connectivity index is 1.37. The third kappa shape index (κ3) is 5.86. The molecule has 0 aromatic heterocycles. The number of hydrazine groups is 1. The number of nitrogens with one attached hydrogen (secondary N) is 2. The van der Waals surface area contributed by atoms with Crippen LogP contribution in [0.2, 0.25) is 10.0 Å². The van der Waals surface area contributed by atoms with Gasteiger partial charge in [0.05, 0.1) is 23.7 Å². The number of amides is 2. The minimum absolute atomic E-state index is 0.0784. The first kappa shape index (κ1) is 25.7.